The lowest BCUT2D eigenvalue weighted by atomic mass is 10.2. The predicted octanol–water partition coefficient (Wildman–Crippen LogP) is -0.0233. The summed E-state index contributed by atoms with van der Waals surface area (Å²) in [5.41, 5.74) is 0. The van der Waals surface area contributed by atoms with Crippen LogP contribution in [0.2, 0.25) is 0 Å². The second kappa shape index (κ2) is 5.20. The summed E-state index contributed by atoms with van der Waals surface area (Å²) in [5, 5.41) is 6.14. The molecular weight excluding hydrogens is 237 g/mol. The minimum Gasteiger partial charge on any atom is -0.454 e. The molecule has 16 heavy (non-hydrogen) atoms. The first-order valence-electron chi connectivity index (χ1n) is 4.46. The maximum absolute atomic E-state index is 10.8. The molecule has 0 saturated heterocycles. The van der Waals surface area contributed by atoms with Gasteiger partial charge in [0, 0.05) is 13.3 Å². The summed E-state index contributed by atoms with van der Waals surface area (Å²) < 4.78 is 15.6. The van der Waals surface area contributed by atoms with Crippen LogP contribution in [0.3, 0.4) is 0 Å². The van der Waals surface area contributed by atoms with Crippen LogP contribution >= 0.6 is 7.60 Å². The Labute approximate surface area is 91.2 Å². The molecular formula is C7H12N3O5P. The van der Waals surface area contributed by atoms with Crippen LogP contribution in [0.5, 0.6) is 0 Å². The fourth-order valence-electron chi connectivity index (χ4n) is 1.10. The Kier molecular flexibility index (Phi) is 4.17. The van der Waals surface area contributed by atoms with Crippen molar-refractivity contribution in [2.45, 2.75) is 19.4 Å². The molecule has 0 bridgehead atoms. The number of nitrogens with zero attached hydrogens (tertiary/aromatic N) is 2. The van der Waals surface area contributed by atoms with Gasteiger partial charge in [-0.25, -0.2) is 4.98 Å². The number of rotatable bonds is 5. The Hall–Kier alpha value is -1.24. The van der Waals surface area contributed by atoms with E-state index < -0.39 is 19.7 Å². The number of carbonyl (C=O) groups excluding carboxylic acids is 1. The third-order valence-electron chi connectivity index (χ3n) is 1.71. The first-order chi connectivity index (χ1) is 7.38. The van der Waals surface area contributed by atoms with Crippen molar-refractivity contribution >= 4 is 13.6 Å². The van der Waals surface area contributed by atoms with Crippen molar-refractivity contribution in [3.05, 3.63) is 12.2 Å². The minimum absolute atomic E-state index is 0.0261. The van der Waals surface area contributed by atoms with Gasteiger partial charge in [0.2, 0.25) is 0 Å². The molecule has 0 amide bonds. The molecule has 0 aliphatic carbocycles. The average Bonchev–Trinajstić information content (AvgIpc) is 2.62. The van der Waals surface area contributed by atoms with E-state index in [0.29, 0.717) is 0 Å². The number of nitrogens with one attached hydrogen (secondary N) is 1. The Balaban J connectivity index is 2.65. The molecule has 1 unspecified atom stereocenters. The first-order valence-corrected chi connectivity index (χ1v) is 6.25. The van der Waals surface area contributed by atoms with Crippen molar-refractivity contribution in [1.82, 2.24) is 15.2 Å². The van der Waals surface area contributed by atoms with Gasteiger partial charge in [-0.2, -0.15) is 5.10 Å². The van der Waals surface area contributed by atoms with Crippen molar-refractivity contribution in [2.75, 3.05) is 6.16 Å². The van der Waals surface area contributed by atoms with Crippen LogP contribution in [0.1, 0.15) is 25.3 Å². The van der Waals surface area contributed by atoms with Crippen LogP contribution in [0.25, 0.3) is 0 Å². The van der Waals surface area contributed by atoms with Gasteiger partial charge in [0.15, 0.2) is 11.9 Å². The molecule has 0 aromatic carbocycles. The van der Waals surface area contributed by atoms with E-state index in [-0.39, 0.29) is 18.4 Å². The number of aromatic amines is 1. The van der Waals surface area contributed by atoms with Crippen LogP contribution in [0.15, 0.2) is 6.33 Å². The fourth-order valence-corrected chi connectivity index (χ4v) is 1.67. The fraction of sp³-hybridized carbons (Fsp3) is 0.571. The van der Waals surface area contributed by atoms with Crippen LogP contribution in [0.4, 0.5) is 0 Å². The van der Waals surface area contributed by atoms with Crippen molar-refractivity contribution in [1.29, 1.82) is 0 Å². The van der Waals surface area contributed by atoms with E-state index in [1.54, 1.807) is 0 Å². The summed E-state index contributed by atoms with van der Waals surface area (Å²) in [6, 6.07) is 0. The van der Waals surface area contributed by atoms with Crippen LogP contribution in [-0.4, -0.2) is 37.1 Å². The van der Waals surface area contributed by atoms with Gasteiger partial charge in [-0.05, 0) is 0 Å². The summed E-state index contributed by atoms with van der Waals surface area (Å²) in [6.45, 7) is 1.21. The molecule has 0 aliphatic heterocycles. The highest BCUT2D eigenvalue weighted by molar-refractivity contribution is 7.51. The maximum Gasteiger partial charge on any atom is 0.325 e. The SMILES string of the molecule is CC(=O)OC(CCP(=O)(O)O)c1nc[nH]n1. The van der Waals surface area contributed by atoms with Gasteiger partial charge in [-0.3, -0.25) is 14.5 Å². The molecule has 1 aromatic rings. The van der Waals surface area contributed by atoms with Crippen molar-refractivity contribution < 1.29 is 23.9 Å². The smallest absolute Gasteiger partial charge is 0.325 e. The number of ether oxygens (including phenoxy) is 1. The number of esters is 1. The van der Waals surface area contributed by atoms with E-state index in [0.717, 1.165) is 0 Å². The third kappa shape index (κ3) is 4.52. The highest BCUT2D eigenvalue weighted by Gasteiger charge is 2.23. The average molecular weight is 249 g/mol. The second-order valence-corrected chi connectivity index (χ2v) is 4.91. The topological polar surface area (TPSA) is 125 Å². The molecule has 0 aliphatic rings. The third-order valence-corrected chi connectivity index (χ3v) is 2.55. The van der Waals surface area contributed by atoms with Crippen LogP contribution in [0, 0.1) is 0 Å². The zero-order valence-corrected chi connectivity index (χ0v) is 9.42. The van der Waals surface area contributed by atoms with E-state index in [2.05, 4.69) is 15.2 Å². The molecule has 9 heteroatoms. The first kappa shape index (κ1) is 12.8. The van der Waals surface area contributed by atoms with Crippen molar-refractivity contribution in [3.63, 3.8) is 0 Å². The summed E-state index contributed by atoms with van der Waals surface area (Å²) in [5.74, 6) is -0.357. The van der Waals surface area contributed by atoms with Crippen LogP contribution in [-0.2, 0) is 14.1 Å². The number of aromatic nitrogens is 3. The van der Waals surface area contributed by atoms with E-state index in [4.69, 9.17) is 14.5 Å². The summed E-state index contributed by atoms with van der Waals surface area (Å²) >= 11 is 0. The standard InChI is InChI=1S/C7H12N3O5P/c1-5(11)15-6(2-3-16(12,13)14)7-8-4-9-10-7/h4,6H,2-3H2,1H3,(H,8,9,10)(H2,12,13,14). The van der Waals surface area contributed by atoms with E-state index in [9.17, 15) is 9.36 Å². The molecule has 1 rings (SSSR count). The predicted molar refractivity (Wildman–Crippen MR) is 52.4 cm³/mol. The van der Waals surface area contributed by atoms with Crippen LogP contribution < -0.4 is 0 Å². The Morgan fingerprint density at radius 3 is 2.81 bits per heavy atom. The summed E-state index contributed by atoms with van der Waals surface area (Å²) in [4.78, 5) is 32.0. The maximum atomic E-state index is 10.8. The van der Waals surface area contributed by atoms with Gasteiger partial charge < -0.3 is 14.5 Å². The number of hydrogen-bond donors (Lipinski definition) is 3. The summed E-state index contributed by atoms with van der Waals surface area (Å²) in [6.07, 6.45) is 0.0428. The van der Waals surface area contributed by atoms with Crippen molar-refractivity contribution in [3.8, 4) is 0 Å². The van der Waals surface area contributed by atoms with Gasteiger partial charge in [-0.1, -0.05) is 0 Å². The molecule has 1 aromatic heterocycles. The molecule has 90 valence electrons. The molecule has 1 heterocycles. The zero-order valence-electron chi connectivity index (χ0n) is 8.53. The lowest BCUT2D eigenvalue weighted by Crippen LogP contribution is -2.12. The molecule has 1 atom stereocenters. The monoisotopic (exact) mass is 249 g/mol. The molecule has 0 fully saturated rings. The molecule has 0 saturated carbocycles. The Bertz CT molecular complexity index is 387. The lowest BCUT2D eigenvalue weighted by molar-refractivity contribution is -0.147. The Morgan fingerprint density at radius 2 is 2.38 bits per heavy atom. The van der Waals surface area contributed by atoms with Gasteiger partial charge >= 0.3 is 13.6 Å². The summed E-state index contributed by atoms with van der Waals surface area (Å²) in [7, 11) is -4.12. The Morgan fingerprint density at radius 1 is 1.69 bits per heavy atom. The molecule has 3 N–H and O–H groups in total. The largest absolute Gasteiger partial charge is 0.454 e. The minimum atomic E-state index is -4.12. The van der Waals surface area contributed by atoms with E-state index in [1.807, 2.05) is 0 Å². The highest BCUT2D eigenvalue weighted by Crippen LogP contribution is 2.37. The van der Waals surface area contributed by atoms with Gasteiger partial charge in [0.05, 0.1) is 6.16 Å². The van der Waals surface area contributed by atoms with Gasteiger partial charge in [0.25, 0.3) is 0 Å². The number of carbonyl (C=O) groups is 1. The molecule has 8 nitrogen and oxygen atoms in total. The molecule has 0 radical (unpaired) electrons. The number of hydrogen-bond acceptors (Lipinski definition) is 5. The van der Waals surface area contributed by atoms with Gasteiger partial charge in [0.1, 0.15) is 6.33 Å². The number of H-pyrrole nitrogens is 1. The highest BCUT2D eigenvalue weighted by atomic mass is 31.2. The van der Waals surface area contributed by atoms with E-state index >= 15 is 0 Å². The second-order valence-electron chi connectivity index (χ2n) is 3.13. The van der Waals surface area contributed by atoms with Crippen molar-refractivity contribution in [2.24, 2.45) is 0 Å². The zero-order chi connectivity index (χ0) is 12.2. The quantitative estimate of drug-likeness (QED) is 0.494. The normalized spacial score (nSPS) is 13.4. The molecule has 0 spiro atoms. The van der Waals surface area contributed by atoms with Gasteiger partial charge in [-0.15, -0.1) is 0 Å². The van der Waals surface area contributed by atoms with E-state index in [1.165, 1.54) is 13.3 Å². The lowest BCUT2D eigenvalue weighted by Gasteiger charge is -2.13.